The lowest BCUT2D eigenvalue weighted by Gasteiger charge is -2.33. The molecule has 2 atom stereocenters. The quantitative estimate of drug-likeness (QED) is 0.637. The van der Waals surface area contributed by atoms with E-state index in [0.29, 0.717) is 0 Å². The van der Waals surface area contributed by atoms with E-state index in [9.17, 15) is 0 Å². The maximum Gasteiger partial charge on any atom is -0.00693 e. The maximum absolute atomic E-state index is 4.42. The highest BCUT2D eigenvalue weighted by Crippen LogP contribution is 2.36. The molecule has 0 aromatic carbocycles. The van der Waals surface area contributed by atoms with Crippen LogP contribution in [0.4, 0.5) is 0 Å². The predicted molar refractivity (Wildman–Crippen MR) is 58.8 cm³/mol. The fraction of sp³-hybridized carbons (Fsp3) is 1.00. The fourth-order valence-corrected chi connectivity index (χ4v) is 2.82. The van der Waals surface area contributed by atoms with Crippen LogP contribution >= 0.6 is 12.6 Å². The topological polar surface area (TPSA) is 0 Å². The van der Waals surface area contributed by atoms with E-state index < -0.39 is 0 Å². The van der Waals surface area contributed by atoms with Crippen molar-refractivity contribution in [1.29, 1.82) is 0 Å². The Morgan fingerprint density at radius 2 is 1.33 bits per heavy atom. The van der Waals surface area contributed by atoms with Gasteiger partial charge >= 0.3 is 0 Å². The Bertz CT molecular complexity index is 92.4. The average Bonchev–Trinajstić information content (AvgIpc) is 2.16. The van der Waals surface area contributed by atoms with Crippen LogP contribution in [0, 0.1) is 17.8 Å². The largest absolute Gasteiger partial charge is 0.179 e. The first-order chi connectivity index (χ1) is 5.80. The molecule has 0 heterocycles. The summed E-state index contributed by atoms with van der Waals surface area (Å²) in [6.07, 6.45) is 7.12. The van der Waals surface area contributed by atoms with Gasteiger partial charge in [0, 0.05) is 0 Å². The molecule has 2 unspecified atom stereocenters. The summed E-state index contributed by atoms with van der Waals surface area (Å²) in [5.74, 6) is 4.02. The smallest absolute Gasteiger partial charge is 0.00693 e. The number of hydrogen-bond acceptors (Lipinski definition) is 1. The van der Waals surface area contributed by atoms with Crippen LogP contribution in [0.5, 0.6) is 0 Å². The minimum atomic E-state index is 0.914. The monoisotopic (exact) mass is 186 g/mol. The molecule has 1 aliphatic rings. The maximum atomic E-state index is 4.42. The van der Waals surface area contributed by atoms with Gasteiger partial charge in [-0.25, -0.2) is 0 Å². The molecule has 0 N–H and O–H groups in total. The van der Waals surface area contributed by atoms with Gasteiger partial charge in [-0.2, -0.15) is 12.6 Å². The van der Waals surface area contributed by atoms with E-state index in [1.807, 2.05) is 0 Å². The molecule has 0 amide bonds. The van der Waals surface area contributed by atoms with Gasteiger partial charge in [-0.05, 0) is 42.8 Å². The average molecular weight is 186 g/mol. The molecule has 1 heteroatoms. The zero-order valence-corrected chi connectivity index (χ0v) is 9.32. The Hall–Kier alpha value is 0.350. The summed E-state index contributed by atoms with van der Waals surface area (Å²) in [5.41, 5.74) is 0. The van der Waals surface area contributed by atoms with Crippen LogP contribution < -0.4 is 0 Å². The van der Waals surface area contributed by atoms with Crippen molar-refractivity contribution in [3.8, 4) is 0 Å². The van der Waals surface area contributed by atoms with E-state index in [1.165, 1.54) is 32.1 Å². The van der Waals surface area contributed by atoms with Crippen molar-refractivity contribution < 1.29 is 0 Å². The molecule has 0 spiro atoms. The van der Waals surface area contributed by atoms with E-state index in [-0.39, 0.29) is 0 Å². The van der Waals surface area contributed by atoms with Crippen molar-refractivity contribution in [2.75, 3.05) is 5.75 Å². The molecule has 0 bridgehead atoms. The van der Waals surface area contributed by atoms with Gasteiger partial charge in [0.1, 0.15) is 0 Å². The lowest BCUT2D eigenvalue weighted by atomic mass is 9.74. The Morgan fingerprint density at radius 1 is 0.917 bits per heavy atom. The third-order valence-corrected chi connectivity index (χ3v) is 3.93. The standard InChI is InChI=1S/C11H22S/c1-3-9-5-10(4-2)7-11(6-9)8-12/h9-12H,3-8H2,1-2H3. The highest BCUT2D eigenvalue weighted by molar-refractivity contribution is 7.80. The molecule has 72 valence electrons. The lowest BCUT2D eigenvalue weighted by molar-refractivity contribution is 0.201. The molecule has 0 saturated heterocycles. The number of hydrogen-bond donors (Lipinski definition) is 1. The molecule has 0 radical (unpaired) electrons. The van der Waals surface area contributed by atoms with Crippen LogP contribution in [0.2, 0.25) is 0 Å². The molecular weight excluding hydrogens is 164 g/mol. The van der Waals surface area contributed by atoms with Crippen molar-refractivity contribution in [1.82, 2.24) is 0 Å². The Morgan fingerprint density at radius 3 is 1.67 bits per heavy atom. The molecule has 1 saturated carbocycles. The van der Waals surface area contributed by atoms with Crippen LogP contribution in [0.25, 0.3) is 0 Å². The van der Waals surface area contributed by atoms with Gasteiger partial charge in [0.25, 0.3) is 0 Å². The van der Waals surface area contributed by atoms with Crippen LogP contribution in [-0.2, 0) is 0 Å². The van der Waals surface area contributed by atoms with Gasteiger partial charge in [-0.1, -0.05) is 26.7 Å². The zero-order valence-electron chi connectivity index (χ0n) is 8.42. The SMILES string of the molecule is CCC1CC(CC)CC(CS)C1. The van der Waals surface area contributed by atoms with E-state index >= 15 is 0 Å². The minimum absolute atomic E-state index is 0.914. The third-order valence-electron chi connectivity index (χ3n) is 3.41. The first-order valence-corrected chi connectivity index (χ1v) is 6.04. The summed E-state index contributed by atoms with van der Waals surface area (Å²) < 4.78 is 0. The zero-order chi connectivity index (χ0) is 8.97. The summed E-state index contributed by atoms with van der Waals surface area (Å²) in [5, 5.41) is 0. The summed E-state index contributed by atoms with van der Waals surface area (Å²) in [6, 6.07) is 0. The van der Waals surface area contributed by atoms with Crippen molar-refractivity contribution in [2.24, 2.45) is 17.8 Å². The van der Waals surface area contributed by atoms with Crippen molar-refractivity contribution >= 4 is 12.6 Å². The Labute approximate surface area is 82.5 Å². The van der Waals surface area contributed by atoms with E-state index in [4.69, 9.17) is 0 Å². The van der Waals surface area contributed by atoms with Gasteiger partial charge in [-0.3, -0.25) is 0 Å². The van der Waals surface area contributed by atoms with Crippen molar-refractivity contribution in [3.05, 3.63) is 0 Å². The fourth-order valence-electron chi connectivity index (χ4n) is 2.52. The van der Waals surface area contributed by atoms with Gasteiger partial charge in [0.2, 0.25) is 0 Å². The highest BCUT2D eigenvalue weighted by Gasteiger charge is 2.25. The summed E-state index contributed by atoms with van der Waals surface area (Å²) >= 11 is 4.42. The molecule has 12 heavy (non-hydrogen) atoms. The molecule has 1 aliphatic carbocycles. The van der Waals surface area contributed by atoms with Gasteiger partial charge < -0.3 is 0 Å². The van der Waals surface area contributed by atoms with Crippen LogP contribution in [0.1, 0.15) is 46.0 Å². The summed E-state index contributed by atoms with van der Waals surface area (Å²) in [4.78, 5) is 0. The van der Waals surface area contributed by atoms with Crippen molar-refractivity contribution in [3.63, 3.8) is 0 Å². The van der Waals surface area contributed by atoms with Crippen LogP contribution in [-0.4, -0.2) is 5.75 Å². The Balaban J connectivity index is 2.41. The minimum Gasteiger partial charge on any atom is -0.179 e. The van der Waals surface area contributed by atoms with Gasteiger partial charge in [-0.15, -0.1) is 0 Å². The second-order valence-corrected chi connectivity index (χ2v) is 4.67. The molecular formula is C11H22S. The molecule has 1 fully saturated rings. The molecule has 0 nitrogen and oxygen atoms in total. The van der Waals surface area contributed by atoms with E-state index in [0.717, 1.165) is 23.5 Å². The van der Waals surface area contributed by atoms with Crippen LogP contribution in [0.3, 0.4) is 0 Å². The number of rotatable bonds is 3. The number of thiol groups is 1. The third kappa shape index (κ3) is 2.69. The molecule has 0 aromatic rings. The van der Waals surface area contributed by atoms with E-state index in [1.54, 1.807) is 0 Å². The predicted octanol–water partition coefficient (Wildman–Crippen LogP) is 3.77. The van der Waals surface area contributed by atoms with Gasteiger partial charge in [0.05, 0.1) is 0 Å². The molecule has 0 aliphatic heterocycles. The Kier molecular flexibility index (Phi) is 4.49. The van der Waals surface area contributed by atoms with Crippen molar-refractivity contribution in [2.45, 2.75) is 46.0 Å². The second-order valence-electron chi connectivity index (χ2n) is 4.30. The lowest BCUT2D eigenvalue weighted by Crippen LogP contribution is -2.23. The van der Waals surface area contributed by atoms with E-state index in [2.05, 4.69) is 26.5 Å². The van der Waals surface area contributed by atoms with Gasteiger partial charge in [0.15, 0.2) is 0 Å². The molecule has 1 rings (SSSR count). The van der Waals surface area contributed by atoms with Crippen LogP contribution in [0.15, 0.2) is 0 Å². The molecule has 0 aromatic heterocycles. The first kappa shape index (κ1) is 10.4. The highest BCUT2D eigenvalue weighted by atomic mass is 32.1. The summed E-state index contributed by atoms with van der Waals surface area (Å²) in [6.45, 7) is 4.66. The second kappa shape index (κ2) is 5.16. The summed E-state index contributed by atoms with van der Waals surface area (Å²) in [7, 11) is 0. The normalized spacial score (nSPS) is 36.8. The first-order valence-electron chi connectivity index (χ1n) is 5.40.